The third kappa shape index (κ3) is 2.72. The summed E-state index contributed by atoms with van der Waals surface area (Å²) in [5.74, 6) is -0.450. The van der Waals surface area contributed by atoms with Gasteiger partial charge in [-0.2, -0.15) is 0 Å². The van der Waals surface area contributed by atoms with Crippen LogP contribution in [0.2, 0.25) is 0 Å². The van der Waals surface area contributed by atoms with Gasteiger partial charge in [-0.05, 0) is 25.1 Å². The Morgan fingerprint density at radius 3 is 2.81 bits per heavy atom. The molecule has 7 nitrogen and oxygen atoms in total. The fourth-order valence-corrected chi connectivity index (χ4v) is 2.50. The molecular formula is C14H17N3O4. The average molecular weight is 291 g/mol. The monoisotopic (exact) mass is 291 g/mol. The van der Waals surface area contributed by atoms with Gasteiger partial charge in [0.1, 0.15) is 0 Å². The van der Waals surface area contributed by atoms with Crippen molar-refractivity contribution in [2.24, 2.45) is 0 Å². The molecule has 1 fully saturated rings. The second-order valence-corrected chi connectivity index (χ2v) is 4.87. The number of piperazine rings is 1. The maximum absolute atomic E-state index is 11.7. The Morgan fingerprint density at radius 2 is 2.10 bits per heavy atom. The zero-order valence-corrected chi connectivity index (χ0v) is 11.8. The highest BCUT2D eigenvalue weighted by Crippen LogP contribution is 2.21. The lowest BCUT2D eigenvalue weighted by Crippen LogP contribution is -2.49. The molecule has 1 N–H and O–H groups in total. The SMILES string of the molecule is CCOC(=O)N1CCN(c2ccc3oc(=O)[nH]c3c2)CC1. The van der Waals surface area contributed by atoms with Crippen molar-refractivity contribution in [2.75, 3.05) is 37.7 Å². The Hall–Kier alpha value is -2.44. The molecule has 2 aromatic rings. The minimum Gasteiger partial charge on any atom is -0.450 e. The van der Waals surface area contributed by atoms with Crippen LogP contribution in [0.5, 0.6) is 0 Å². The third-order valence-corrected chi connectivity index (χ3v) is 3.57. The Bertz CT molecular complexity index is 698. The highest BCUT2D eigenvalue weighted by molar-refractivity contribution is 5.77. The molecular weight excluding hydrogens is 274 g/mol. The number of benzene rings is 1. The largest absolute Gasteiger partial charge is 0.450 e. The fourth-order valence-electron chi connectivity index (χ4n) is 2.50. The molecule has 1 aliphatic rings. The Kier molecular flexibility index (Phi) is 3.55. The number of anilines is 1. The van der Waals surface area contributed by atoms with Crippen LogP contribution in [0.15, 0.2) is 27.4 Å². The molecule has 0 unspecified atom stereocenters. The van der Waals surface area contributed by atoms with E-state index in [9.17, 15) is 9.59 Å². The van der Waals surface area contributed by atoms with Gasteiger partial charge >= 0.3 is 11.8 Å². The Morgan fingerprint density at radius 1 is 1.33 bits per heavy atom. The van der Waals surface area contributed by atoms with E-state index in [2.05, 4.69) is 9.88 Å². The first kappa shape index (κ1) is 13.5. The number of amides is 1. The van der Waals surface area contributed by atoms with Crippen molar-refractivity contribution in [3.05, 3.63) is 28.7 Å². The number of aromatic nitrogens is 1. The van der Waals surface area contributed by atoms with E-state index in [1.54, 1.807) is 17.9 Å². The van der Waals surface area contributed by atoms with Crippen LogP contribution in [0.25, 0.3) is 11.1 Å². The summed E-state index contributed by atoms with van der Waals surface area (Å²) in [6.45, 7) is 4.90. The first-order valence-corrected chi connectivity index (χ1v) is 6.97. The topological polar surface area (TPSA) is 78.8 Å². The summed E-state index contributed by atoms with van der Waals surface area (Å²) in [7, 11) is 0. The number of aromatic amines is 1. The van der Waals surface area contributed by atoms with E-state index in [1.165, 1.54) is 0 Å². The normalized spacial score (nSPS) is 15.5. The van der Waals surface area contributed by atoms with Crippen LogP contribution in [-0.2, 0) is 4.74 Å². The molecule has 21 heavy (non-hydrogen) atoms. The molecule has 0 aliphatic carbocycles. The van der Waals surface area contributed by atoms with E-state index < -0.39 is 5.76 Å². The van der Waals surface area contributed by atoms with Gasteiger partial charge in [0.25, 0.3) is 0 Å². The first-order chi connectivity index (χ1) is 10.2. The highest BCUT2D eigenvalue weighted by atomic mass is 16.6. The lowest BCUT2D eigenvalue weighted by molar-refractivity contribution is 0.105. The zero-order chi connectivity index (χ0) is 14.8. The number of H-pyrrole nitrogens is 1. The molecule has 0 saturated carbocycles. The van der Waals surface area contributed by atoms with Crippen molar-refractivity contribution >= 4 is 22.9 Å². The number of carbonyl (C=O) groups is 1. The quantitative estimate of drug-likeness (QED) is 0.904. The van der Waals surface area contributed by atoms with Crippen molar-refractivity contribution in [1.29, 1.82) is 0 Å². The van der Waals surface area contributed by atoms with Gasteiger partial charge in [-0.25, -0.2) is 9.59 Å². The van der Waals surface area contributed by atoms with Gasteiger partial charge < -0.3 is 19.0 Å². The Labute approximate surface area is 121 Å². The van der Waals surface area contributed by atoms with Crippen molar-refractivity contribution in [2.45, 2.75) is 6.92 Å². The Balaban J connectivity index is 1.70. The van der Waals surface area contributed by atoms with Crippen LogP contribution in [0.1, 0.15) is 6.92 Å². The summed E-state index contributed by atoms with van der Waals surface area (Å²) in [5.41, 5.74) is 2.24. The number of oxazole rings is 1. The van der Waals surface area contributed by atoms with E-state index in [1.807, 2.05) is 12.1 Å². The van der Waals surface area contributed by atoms with Crippen molar-refractivity contribution in [1.82, 2.24) is 9.88 Å². The molecule has 112 valence electrons. The summed E-state index contributed by atoms with van der Waals surface area (Å²) in [5, 5.41) is 0. The van der Waals surface area contributed by atoms with E-state index in [4.69, 9.17) is 9.15 Å². The van der Waals surface area contributed by atoms with Gasteiger partial charge in [-0.1, -0.05) is 0 Å². The third-order valence-electron chi connectivity index (χ3n) is 3.57. The lowest BCUT2D eigenvalue weighted by Gasteiger charge is -2.35. The number of hydrogen-bond acceptors (Lipinski definition) is 5. The second kappa shape index (κ2) is 5.51. The predicted molar refractivity (Wildman–Crippen MR) is 77.6 cm³/mol. The number of rotatable bonds is 2. The summed E-state index contributed by atoms with van der Waals surface area (Å²) < 4.78 is 9.99. The lowest BCUT2D eigenvalue weighted by atomic mass is 10.2. The second-order valence-electron chi connectivity index (χ2n) is 4.87. The molecule has 1 aromatic heterocycles. The molecule has 1 aromatic carbocycles. The molecule has 1 amide bonds. The molecule has 0 spiro atoms. The van der Waals surface area contributed by atoms with Gasteiger partial charge in [-0.3, -0.25) is 4.98 Å². The number of hydrogen-bond donors (Lipinski definition) is 1. The van der Waals surface area contributed by atoms with Gasteiger partial charge in [0.05, 0.1) is 12.1 Å². The van der Waals surface area contributed by atoms with Crippen LogP contribution in [0.3, 0.4) is 0 Å². The molecule has 0 atom stereocenters. The average Bonchev–Trinajstić information content (AvgIpc) is 2.86. The standard InChI is InChI=1S/C14H17N3O4/c1-2-20-14(19)17-7-5-16(6-8-17)10-3-4-12-11(9-10)15-13(18)21-12/h3-4,9H,2,5-8H2,1H3,(H,15,18). The predicted octanol–water partition coefficient (Wildman–Crippen LogP) is 1.40. The van der Waals surface area contributed by atoms with Crippen LogP contribution in [-0.4, -0.2) is 48.8 Å². The number of nitrogens with one attached hydrogen (secondary N) is 1. The van der Waals surface area contributed by atoms with Gasteiger partial charge in [-0.15, -0.1) is 0 Å². The molecule has 1 saturated heterocycles. The molecule has 0 bridgehead atoms. The maximum atomic E-state index is 11.7. The van der Waals surface area contributed by atoms with Crippen LogP contribution in [0.4, 0.5) is 10.5 Å². The van der Waals surface area contributed by atoms with Crippen LogP contribution < -0.4 is 10.7 Å². The molecule has 7 heteroatoms. The highest BCUT2D eigenvalue weighted by Gasteiger charge is 2.22. The minimum absolute atomic E-state index is 0.258. The maximum Gasteiger partial charge on any atom is 0.417 e. The summed E-state index contributed by atoms with van der Waals surface area (Å²) in [6.07, 6.45) is -0.258. The molecule has 3 rings (SSSR count). The molecule has 0 radical (unpaired) electrons. The van der Waals surface area contributed by atoms with Crippen molar-refractivity contribution < 1.29 is 13.9 Å². The van der Waals surface area contributed by atoms with E-state index in [0.29, 0.717) is 30.8 Å². The van der Waals surface area contributed by atoms with Gasteiger partial charge in [0, 0.05) is 31.9 Å². The fraction of sp³-hybridized carbons (Fsp3) is 0.429. The van der Waals surface area contributed by atoms with E-state index >= 15 is 0 Å². The number of ether oxygens (including phenoxy) is 1. The number of fused-ring (bicyclic) bond motifs is 1. The molecule has 2 heterocycles. The van der Waals surface area contributed by atoms with E-state index in [0.717, 1.165) is 18.8 Å². The van der Waals surface area contributed by atoms with Crippen molar-refractivity contribution in [3.63, 3.8) is 0 Å². The van der Waals surface area contributed by atoms with Gasteiger partial charge in [0.15, 0.2) is 5.58 Å². The van der Waals surface area contributed by atoms with Crippen molar-refractivity contribution in [3.8, 4) is 0 Å². The smallest absolute Gasteiger partial charge is 0.417 e. The van der Waals surface area contributed by atoms with Crippen LogP contribution >= 0.6 is 0 Å². The summed E-state index contributed by atoms with van der Waals surface area (Å²) >= 11 is 0. The van der Waals surface area contributed by atoms with Gasteiger partial charge in [0.2, 0.25) is 0 Å². The first-order valence-electron chi connectivity index (χ1n) is 6.97. The minimum atomic E-state index is -0.450. The van der Waals surface area contributed by atoms with E-state index in [-0.39, 0.29) is 6.09 Å². The number of nitrogens with zero attached hydrogens (tertiary/aromatic N) is 2. The summed E-state index contributed by atoms with van der Waals surface area (Å²) in [6, 6.07) is 5.58. The zero-order valence-electron chi connectivity index (χ0n) is 11.8. The summed E-state index contributed by atoms with van der Waals surface area (Å²) in [4.78, 5) is 29.3. The van der Waals surface area contributed by atoms with Crippen LogP contribution in [0, 0.1) is 0 Å². The number of carbonyl (C=O) groups excluding carboxylic acids is 1. The molecule has 1 aliphatic heterocycles.